The fraction of sp³-hybridized carbons (Fsp3) is 0.375. The topological polar surface area (TPSA) is 12.9 Å². The molecule has 0 amide bonds. The Labute approximate surface area is 122 Å². The maximum absolute atomic E-state index is 7.74. The van der Waals surface area contributed by atoms with E-state index in [1.54, 1.807) is 0 Å². The van der Waals surface area contributed by atoms with E-state index in [4.69, 9.17) is 2.25 Å². The van der Waals surface area contributed by atoms with Crippen LogP contribution in [0.15, 0.2) is 6.04 Å². The Kier molecular flexibility index (Phi) is 7.13. The molecule has 0 aromatic carbocycles. The monoisotopic (exact) mass is 557 g/mol. The Morgan fingerprint density at radius 3 is 2.69 bits per heavy atom. The SMILES string of the molecule is [2H]c1c(C)nc(C)c([IH]I)c1C.[3H][V][I]. The quantitative estimate of drug-likeness (QED) is 0.479. The van der Waals surface area contributed by atoms with Crippen LogP contribution in [0.4, 0.5) is 0 Å². The Balaban J connectivity index is 0.000000583. The first-order chi connectivity index (χ1) is 6.99. The summed E-state index contributed by atoms with van der Waals surface area (Å²) in [4.78, 5) is 4.34. The third-order valence-electron chi connectivity index (χ3n) is 1.45. The van der Waals surface area contributed by atoms with Crippen LogP contribution in [-0.2, 0) is 13.9 Å². The molecule has 0 fully saturated rings. The number of rotatable bonds is 1. The molecular weight excluding hydrogens is 542 g/mol. The molecule has 0 aliphatic rings. The van der Waals surface area contributed by atoms with Gasteiger partial charge < -0.3 is 0 Å². The molecule has 0 aliphatic carbocycles. The van der Waals surface area contributed by atoms with E-state index in [1.165, 1.54) is 3.57 Å². The number of hydrogen-bond donors (Lipinski definition) is 0. The zero-order chi connectivity index (χ0) is 12.0. The van der Waals surface area contributed by atoms with Gasteiger partial charge in [0, 0.05) is 0 Å². The predicted octanol–water partition coefficient (Wildman–Crippen LogP) is 3.84. The summed E-state index contributed by atoms with van der Waals surface area (Å²) in [5.74, 6) is 0. The molecule has 13 heavy (non-hydrogen) atoms. The number of halogens is 3. The molecule has 0 bridgehead atoms. The number of hydrogen-bond acceptors (Lipinski definition) is 1. The summed E-state index contributed by atoms with van der Waals surface area (Å²) in [5, 5.41) is 0. The van der Waals surface area contributed by atoms with Crippen molar-refractivity contribution in [1.82, 2.24) is 4.98 Å². The zero-order valence-corrected chi connectivity index (χ0v) is 15.6. The molecule has 0 saturated carbocycles. The first-order valence-corrected chi connectivity index (χ1v) is 15.9. The predicted molar refractivity (Wildman–Crippen MR) is 82.0 cm³/mol. The molecule has 1 nitrogen and oxygen atoms in total. The average molecular weight is 557 g/mol. The van der Waals surface area contributed by atoms with E-state index in [1.807, 2.05) is 40.8 Å². The van der Waals surface area contributed by atoms with Crippen molar-refractivity contribution in [2.24, 2.45) is 0 Å². The van der Waals surface area contributed by atoms with Crippen LogP contribution in [0.2, 0.25) is 0 Å². The van der Waals surface area contributed by atoms with Crippen molar-refractivity contribution < 1.29 is 15.2 Å². The molecule has 0 N–H and O–H groups in total. The van der Waals surface area contributed by atoms with Crippen molar-refractivity contribution in [3.05, 3.63) is 26.6 Å². The third-order valence-corrected chi connectivity index (χ3v) is 6.56. The van der Waals surface area contributed by atoms with Crippen molar-refractivity contribution in [3.63, 3.8) is 0 Å². The summed E-state index contributed by atoms with van der Waals surface area (Å²) < 4.78 is 15.4. The van der Waals surface area contributed by atoms with Crippen LogP contribution in [0.25, 0.3) is 0 Å². The van der Waals surface area contributed by atoms with Crippen LogP contribution in [0.3, 0.4) is 0 Å². The second-order valence-corrected chi connectivity index (χ2v) is 7.00. The molecule has 1 aromatic heterocycles. The van der Waals surface area contributed by atoms with Crippen molar-refractivity contribution in [3.8, 4) is 0 Å². The number of aromatic nitrogens is 1. The van der Waals surface area contributed by atoms with Gasteiger partial charge in [0.1, 0.15) is 0 Å². The first-order valence-electron chi connectivity index (χ1n) is 4.42. The van der Waals surface area contributed by atoms with Crippen molar-refractivity contribution in [2.45, 2.75) is 20.8 Å². The average Bonchev–Trinajstić information content (AvgIpc) is 2.16. The molecule has 0 atom stereocenters. The molecular formula is C8H12I3NV. The Morgan fingerprint density at radius 1 is 1.69 bits per heavy atom. The van der Waals surface area contributed by atoms with Gasteiger partial charge in [-0.2, -0.15) is 0 Å². The van der Waals surface area contributed by atoms with Crippen LogP contribution in [-0.4, -0.2) is 5.86 Å². The number of pyridine rings is 1. The first kappa shape index (κ1) is 11.4. The van der Waals surface area contributed by atoms with Crippen LogP contribution in [0.1, 0.15) is 18.3 Å². The summed E-state index contributed by atoms with van der Waals surface area (Å²) in [6.45, 7) is 5.97. The summed E-state index contributed by atoms with van der Waals surface area (Å²) in [5.41, 5.74) is 3.11. The van der Waals surface area contributed by atoms with Gasteiger partial charge in [-0.3, -0.25) is 0 Å². The van der Waals surface area contributed by atoms with Crippen molar-refractivity contribution in [1.29, 1.82) is 0.879 Å². The molecule has 75 valence electrons. The molecule has 0 radical (unpaired) electrons. The van der Waals surface area contributed by atoms with Crippen molar-refractivity contribution >= 4 is 55.8 Å². The summed E-state index contributed by atoms with van der Waals surface area (Å²) in [6, 6.07) is 0.623. The van der Waals surface area contributed by atoms with E-state index in [9.17, 15) is 0 Å². The van der Waals surface area contributed by atoms with Gasteiger partial charge in [-0.1, -0.05) is 0 Å². The van der Waals surface area contributed by atoms with Gasteiger partial charge in [0.05, 0.1) is 0 Å². The van der Waals surface area contributed by atoms with Gasteiger partial charge in [-0.15, -0.1) is 0 Å². The second-order valence-electron chi connectivity index (χ2n) is 2.44. The van der Waals surface area contributed by atoms with Gasteiger partial charge in [0.15, 0.2) is 0 Å². The van der Waals surface area contributed by atoms with Gasteiger partial charge in [0.2, 0.25) is 0 Å². The molecule has 0 spiro atoms. The van der Waals surface area contributed by atoms with Gasteiger partial charge >= 0.3 is 124 Å². The molecule has 1 aromatic rings. The van der Waals surface area contributed by atoms with E-state index in [-0.39, 0.29) is 31.1 Å². The molecule has 0 unspecified atom stereocenters. The standard InChI is InChI=1S/C8H11I2N.HI.V.H/c1-5-4-6(2)11-7(3)8(5)10-9;;;/h4,10H,1-3H3;1H;;/q;;+1;/p-1/i4D;;;1+2. The van der Waals surface area contributed by atoms with Gasteiger partial charge in [-0.05, 0) is 0 Å². The summed E-state index contributed by atoms with van der Waals surface area (Å²) in [6.07, 6.45) is 0. The maximum atomic E-state index is 7.74. The van der Waals surface area contributed by atoms with E-state index < -0.39 is 0 Å². The normalized spacial score (nSPS) is 11.2. The molecule has 0 aliphatic heterocycles. The van der Waals surface area contributed by atoms with Crippen LogP contribution in [0.5, 0.6) is 0 Å². The van der Waals surface area contributed by atoms with Crippen LogP contribution >= 0.6 is 55.8 Å². The molecule has 0 saturated heterocycles. The number of nitrogens with zero attached hydrogens (tertiary/aromatic N) is 1. The third kappa shape index (κ3) is 4.99. The van der Waals surface area contributed by atoms with Gasteiger partial charge in [-0.25, -0.2) is 0 Å². The van der Waals surface area contributed by atoms with Gasteiger partial charge in [0.25, 0.3) is 0 Å². The minimum atomic E-state index is -0.143. The number of aryl methyl sites for hydroxylation is 2. The summed E-state index contributed by atoms with van der Waals surface area (Å²) >= 11 is 4.25. The Hall–Kier alpha value is 1.92. The van der Waals surface area contributed by atoms with E-state index in [0.717, 1.165) is 17.0 Å². The van der Waals surface area contributed by atoms with Crippen LogP contribution in [0, 0.1) is 24.3 Å². The molecule has 1 heterocycles. The van der Waals surface area contributed by atoms with E-state index in [2.05, 4.69) is 23.6 Å². The van der Waals surface area contributed by atoms with E-state index in [0.29, 0.717) is 6.04 Å². The molecule has 5 heteroatoms. The zero-order valence-electron chi connectivity index (χ0n) is 9.56. The molecule has 1 rings (SSSR count). The van der Waals surface area contributed by atoms with Crippen molar-refractivity contribution in [2.75, 3.05) is 0 Å². The minimum absolute atomic E-state index is 0.0925. The summed E-state index contributed by atoms with van der Waals surface area (Å²) in [7, 11) is 0. The second kappa shape index (κ2) is 8.12. The van der Waals surface area contributed by atoms with Crippen LogP contribution < -0.4 is 0 Å². The fourth-order valence-corrected chi connectivity index (χ4v) is 6.32. The Bertz CT molecular complexity index is 336. The Morgan fingerprint density at radius 2 is 2.23 bits per heavy atom. The fourth-order valence-electron chi connectivity index (χ4n) is 1.04. The van der Waals surface area contributed by atoms with E-state index >= 15 is 0 Å².